The second kappa shape index (κ2) is 7.39. The maximum Gasteiger partial charge on any atom is 0.254 e. The lowest BCUT2D eigenvalue weighted by Gasteiger charge is -2.35. The summed E-state index contributed by atoms with van der Waals surface area (Å²) in [4.78, 5) is 39.2. The molecule has 0 atom stereocenters. The second-order valence-electron chi connectivity index (χ2n) is 9.14. The van der Waals surface area contributed by atoms with Crippen LogP contribution in [0.25, 0.3) is 16.9 Å². The van der Waals surface area contributed by atoms with Gasteiger partial charge in [0.15, 0.2) is 11.5 Å². The monoisotopic (exact) mass is 430 g/mol. The highest BCUT2D eigenvalue weighted by atomic mass is 16.2. The number of piperazine rings is 1. The summed E-state index contributed by atoms with van der Waals surface area (Å²) in [6.07, 6.45) is 5.96. The maximum atomic E-state index is 13.7. The minimum absolute atomic E-state index is 0.00138. The van der Waals surface area contributed by atoms with Gasteiger partial charge in [-0.25, -0.2) is 9.97 Å². The molecule has 0 unspecified atom stereocenters. The first-order valence-electron chi connectivity index (χ1n) is 11.5. The van der Waals surface area contributed by atoms with Crippen molar-refractivity contribution in [2.75, 3.05) is 26.2 Å². The number of amides is 2. The molecule has 1 saturated heterocycles. The topological polar surface area (TPSA) is 84.2 Å². The van der Waals surface area contributed by atoms with Gasteiger partial charge in [0.2, 0.25) is 5.91 Å². The van der Waals surface area contributed by atoms with Crippen molar-refractivity contribution < 1.29 is 9.59 Å². The number of carbonyl (C=O) groups excluding carboxylic acids is 2. The van der Waals surface area contributed by atoms with Gasteiger partial charge in [-0.2, -0.15) is 9.78 Å². The summed E-state index contributed by atoms with van der Waals surface area (Å²) in [5.74, 6) is 1.58. The van der Waals surface area contributed by atoms with Crippen LogP contribution >= 0.6 is 0 Å². The first-order chi connectivity index (χ1) is 15.6. The van der Waals surface area contributed by atoms with E-state index in [-0.39, 0.29) is 17.7 Å². The predicted molar refractivity (Wildman–Crippen MR) is 119 cm³/mol. The highest BCUT2D eigenvalue weighted by Crippen LogP contribution is 2.41. The van der Waals surface area contributed by atoms with Crippen LogP contribution in [-0.2, 0) is 4.79 Å². The molecule has 32 heavy (non-hydrogen) atoms. The average Bonchev–Trinajstić information content (AvgIpc) is 3.75. The SMILES string of the molecule is Cc1nn(-c2ccccn2)c2nc(C3CC3)cc(C(=O)N3CCN(C(=O)C4CC4)CC3)c12. The van der Waals surface area contributed by atoms with Gasteiger partial charge in [-0.05, 0) is 50.8 Å². The highest BCUT2D eigenvalue weighted by Gasteiger charge is 2.36. The number of hydrogen-bond donors (Lipinski definition) is 0. The fourth-order valence-electron chi connectivity index (χ4n) is 4.59. The molecule has 4 heterocycles. The Balaban J connectivity index is 1.36. The molecule has 164 valence electrons. The maximum absolute atomic E-state index is 13.7. The number of aromatic nitrogens is 4. The molecule has 3 aromatic rings. The van der Waals surface area contributed by atoms with Gasteiger partial charge in [-0.3, -0.25) is 9.59 Å². The van der Waals surface area contributed by atoms with E-state index in [4.69, 9.17) is 10.1 Å². The molecule has 0 aromatic carbocycles. The van der Waals surface area contributed by atoms with E-state index in [0.717, 1.165) is 42.5 Å². The number of nitrogens with zero attached hydrogens (tertiary/aromatic N) is 6. The predicted octanol–water partition coefficient (Wildman–Crippen LogP) is 2.70. The van der Waals surface area contributed by atoms with Crippen LogP contribution in [-0.4, -0.2) is 67.5 Å². The van der Waals surface area contributed by atoms with Crippen molar-refractivity contribution in [2.45, 2.75) is 38.5 Å². The number of hydrogen-bond acceptors (Lipinski definition) is 5. The van der Waals surface area contributed by atoms with Crippen molar-refractivity contribution in [2.24, 2.45) is 5.92 Å². The summed E-state index contributed by atoms with van der Waals surface area (Å²) < 4.78 is 1.75. The van der Waals surface area contributed by atoms with Crippen LogP contribution in [0, 0.1) is 12.8 Å². The summed E-state index contributed by atoms with van der Waals surface area (Å²) in [5, 5.41) is 5.49. The summed E-state index contributed by atoms with van der Waals surface area (Å²) >= 11 is 0. The van der Waals surface area contributed by atoms with E-state index in [1.807, 2.05) is 41.0 Å². The molecule has 0 radical (unpaired) electrons. The molecule has 1 aliphatic heterocycles. The van der Waals surface area contributed by atoms with Crippen LogP contribution in [0.5, 0.6) is 0 Å². The molecule has 0 spiro atoms. The number of aryl methyl sites for hydroxylation is 1. The zero-order valence-electron chi connectivity index (χ0n) is 18.2. The Morgan fingerprint density at radius 2 is 1.75 bits per heavy atom. The van der Waals surface area contributed by atoms with Gasteiger partial charge in [0.25, 0.3) is 5.91 Å². The summed E-state index contributed by atoms with van der Waals surface area (Å²) in [7, 11) is 0. The van der Waals surface area contributed by atoms with Crippen molar-refractivity contribution in [3.05, 3.63) is 47.4 Å². The zero-order valence-corrected chi connectivity index (χ0v) is 18.2. The van der Waals surface area contributed by atoms with Crippen LogP contribution in [0.1, 0.15) is 53.3 Å². The zero-order chi connectivity index (χ0) is 21.8. The Morgan fingerprint density at radius 3 is 2.41 bits per heavy atom. The molecular weight excluding hydrogens is 404 g/mol. The van der Waals surface area contributed by atoms with Crippen LogP contribution in [0.3, 0.4) is 0 Å². The van der Waals surface area contributed by atoms with E-state index in [1.54, 1.807) is 10.9 Å². The average molecular weight is 431 g/mol. The summed E-state index contributed by atoms with van der Waals surface area (Å²) in [6, 6.07) is 7.66. The molecule has 2 aliphatic carbocycles. The third-order valence-electron chi connectivity index (χ3n) is 6.73. The normalized spacial score (nSPS) is 18.9. The lowest BCUT2D eigenvalue weighted by Crippen LogP contribution is -2.51. The third kappa shape index (κ3) is 3.34. The number of pyridine rings is 2. The molecule has 0 N–H and O–H groups in total. The number of carbonyl (C=O) groups is 2. The fourth-order valence-corrected chi connectivity index (χ4v) is 4.59. The van der Waals surface area contributed by atoms with Crippen LogP contribution in [0.2, 0.25) is 0 Å². The molecule has 3 fully saturated rings. The van der Waals surface area contributed by atoms with Crippen molar-refractivity contribution in [1.82, 2.24) is 29.5 Å². The van der Waals surface area contributed by atoms with Crippen LogP contribution in [0.15, 0.2) is 30.5 Å². The van der Waals surface area contributed by atoms with E-state index in [9.17, 15) is 9.59 Å². The quantitative estimate of drug-likeness (QED) is 0.635. The van der Waals surface area contributed by atoms with Gasteiger partial charge in [-0.1, -0.05) is 6.07 Å². The Morgan fingerprint density at radius 1 is 1.00 bits per heavy atom. The molecule has 2 saturated carbocycles. The molecule has 8 nitrogen and oxygen atoms in total. The lowest BCUT2D eigenvalue weighted by molar-refractivity contribution is -0.134. The molecule has 3 aliphatic rings. The largest absolute Gasteiger partial charge is 0.339 e. The van der Waals surface area contributed by atoms with Gasteiger partial charge >= 0.3 is 0 Å². The molecule has 3 aromatic heterocycles. The van der Waals surface area contributed by atoms with Crippen molar-refractivity contribution in [3.8, 4) is 5.82 Å². The van der Waals surface area contributed by atoms with Crippen molar-refractivity contribution >= 4 is 22.8 Å². The lowest BCUT2D eigenvalue weighted by atomic mass is 10.1. The first-order valence-corrected chi connectivity index (χ1v) is 11.5. The van der Waals surface area contributed by atoms with Gasteiger partial charge < -0.3 is 9.80 Å². The van der Waals surface area contributed by atoms with E-state index < -0.39 is 0 Å². The van der Waals surface area contributed by atoms with E-state index in [0.29, 0.717) is 49.1 Å². The molecular formula is C24H26N6O2. The van der Waals surface area contributed by atoms with E-state index in [2.05, 4.69) is 4.98 Å². The number of rotatable bonds is 4. The second-order valence-corrected chi connectivity index (χ2v) is 9.14. The smallest absolute Gasteiger partial charge is 0.254 e. The Hall–Kier alpha value is -3.29. The highest BCUT2D eigenvalue weighted by molar-refractivity contribution is 6.07. The van der Waals surface area contributed by atoms with Gasteiger partial charge in [0.1, 0.15) is 0 Å². The number of fused-ring (bicyclic) bond motifs is 1. The Labute approximate surface area is 186 Å². The minimum atomic E-state index is 0.00138. The van der Waals surface area contributed by atoms with Gasteiger partial charge in [0, 0.05) is 49.9 Å². The van der Waals surface area contributed by atoms with E-state index in [1.165, 1.54) is 0 Å². The van der Waals surface area contributed by atoms with Crippen LogP contribution < -0.4 is 0 Å². The first kappa shape index (κ1) is 19.4. The molecule has 0 bridgehead atoms. The molecule has 8 heteroatoms. The summed E-state index contributed by atoms with van der Waals surface area (Å²) in [5.41, 5.74) is 3.09. The van der Waals surface area contributed by atoms with E-state index >= 15 is 0 Å². The van der Waals surface area contributed by atoms with Crippen molar-refractivity contribution in [1.29, 1.82) is 0 Å². The standard InChI is InChI=1S/C24H26N6O2/c1-15-21-18(24(32)29-12-10-28(11-13-29)23(31)17-7-8-17)14-19(16-5-6-16)26-22(21)30(27-15)20-4-2-3-9-25-20/h2-4,9,14,16-17H,5-8,10-13H2,1H3. The third-order valence-corrected chi connectivity index (χ3v) is 6.73. The molecule has 6 rings (SSSR count). The Kier molecular flexibility index (Phi) is 4.48. The minimum Gasteiger partial charge on any atom is -0.339 e. The van der Waals surface area contributed by atoms with Gasteiger partial charge in [0.05, 0.1) is 16.6 Å². The summed E-state index contributed by atoms with van der Waals surface area (Å²) in [6.45, 7) is 4.26. The molecule has 2 amide bonds. The Bertz CT molecular complexity index is 1200. The van der Waals surface area contributed by atoms with Gasteiger partial charge in [-0.15, -0.1) is 0 Å². The van der Waals surface area contributed by atoms with Crippen molar-refractivity contribution in [3.63, 3.8) is 0 Å². The van der Waals surface area contributed by atoms with Crippen LogP contribution in [0.4, 0.5) is 0 Å². The fraction of sp³-hybridized carbons (Fsp3) is 0.458.